The topological polar surface area (TPSA) is 50.7 Å². The van der Waals surface area contributed by atoms with Crippen LogP contribution in [0.5, 0.6) is 5.75 Å². The van der Waals surface area contributed by atoms with Crippen molar-refractivity contribution in [3.63, 3.8) is 0 Å². The normalized spacial score (nSPS) is 10.8. The van der Waals surface area contributed by atoms with Crippen molar-refractivity contribution in [2.45, 2.75) is 26.9 Å². The lowest BCUT2D eigenvalue weighted by Crippen LogP contribution is -2.20. The highest BCUT2D eigenvalue weighted by Crippen LogP contribution is 2.14. The zero-order chi connectivity index (χ0) is 19.8. The highest BCUT2D eigenvalue weighted by Gasteiger charge is 2.05. The maximum Gasteiger partial charge on any atom is 0.244 e. The van der Waals surface area contributed by atoms with Crippen LogP contribution in [0.15, 0.2) is 77.9 Å². The average molecular weight is 372 g/mol. The molecule has 0 unspecified atom stereocenters. The summed E-state index contributed by atoms with van der Waals surface area (Å²) in [5.41, 5.74) is 7.91. The molecule has 4 nitrogen and oxygen atoms in total. The molecule has 0 bridgehead atoms. The number of ether oxygens (including phenoxy) is 1. The van der Waals surface area contributed by atoms with Gasteiger partial charge in [0.2, 0.25) is 5.91 Å². The van der Waals surface area contributed by atoms with E-state index in [9.17, 15) is 4.79 Å². The lowest BCUT2D eigenvalue weighted by Gasteiger charge is -2.06. The van der Waals surface area contributed by atoms with E-state index in [1.54, 1.807) is 6.21 Å². The number of hydrazone groups is 1. The summed E-state index contributed by atoms with van der Waals surface area (Å²) in [6, 6.07) is 23.7. The number of aryl methyl sites for hydroxylation is 2. The first kappa shape index (κ1) is 19.4. The third-order valence-corrected chi connectivity index (χ3v) is 4.38. The summed E-state index contributed by atoms with van der Waals surface area (Å²) in [5.74, 6) is 0.658. The molecule has 0 saturated heterocycles. The highest BCUT2D eigenvalue weighted by molar-refractivity contribution is 5.83. The number of carbonyl (C=O) groups is 1. The van der Waals surface area contributed by atoms with Gasteiger partial charge in [0.25, 0.3) is 0 Å². The fourth-order valence-electron chi connectivity index (χ4n) is 2.83. The summed E-state index contributed by atoms with van der Waals surface area (Å²) in [4.78, 5) is 12.1. The molecule has 3 aromatic carbocycles. The van der Waals surface area contributed by atoms with Gasteiger partial charge in [0.15, 0.2) is 0 Å². The van der Waals surface area contributed by atoms with Crippen molar-refractivity contribution in [1.29, 1.82) is 0 Å². The van der Waals surface area contributed by atoms with Gasteiger partial charge in [-0.1, -0.05) is 54.1 Å². The van der Waals surface area contributed by atoms with Gasteiger partial charge in [-0.25, -0.2) is 5.43 Å². The van der Waals surface area contributed by atoms with Gasteiger partial charge in [-0.05, 0) is 60.4 Å². The maximum absolute atomic E-state index is 12.1. The van der Waals surface area contributed by atoms with E-state index in [0.717, 1.165) is 28.0 Å². The number of amides is 1. The molecular weight excluding hydrogens is 348 g/mol. The van der Waals surface area contributed by atoms with Crippen molar-refractivity contribution < 1.29 is 9.53 Å². The van der Waals surface area contributed by atoms with Crippen molar-refractivity contribution in [1.82, 2.24) is 5.43 Å². The van der Waals surface area contributed by atoms with Gasteiger partial charge in [-0.15, -0.1) is 0 Å². The van der Waals surface area contributed by atoms with Crippen LogP contribution in [0.2, 0.25) is 0 Å². The zero-order valence-electron chi connectivity index (χ0n) is 16.2. The number of benzene rings is 3. The van der Waals surface area contributed by atoms with E-state index >= 15 is 0 Å². The minimum absolute atomic E-state index is 0.133. The molecule has 0 heterocycles. The third-order valence-electron chi connectivity index (χ3n) is 4.38. The number of nitrogens with one attached hydrogen (secondary N) is 1. The molecule has 4 heteroatoms. The smallest absolute Gasteiger partial charge is 0.244 e. The summed E-state index contributed by atoms with van der Waals surface area (Å²) in [6.07, 6.45) is 1.94. The Balaban J connectivity index is 1.48. The highest BCUT2D eigenvalue weighted by atomic mass is 16.5. The van der Waals surface area contributed by atoms with E-state index in [1.807, 2.05) is 80.6 Å². The summed E-state index contributed by atoms with van der Waals surface area (Å²) in [5, 5.41) is 4.04. The molecule has 0 atom stereocenters. The molecule has 0 aliphatic carbocycles. The number of carbonyl (C=O) groups excluding carboxylic acids is 1. The molecule has 142 valence electrons. The molecule has 3 rings (SSSR count). The SMILES string of the molecule is Cc1ccc(CC(=O)N/N=C/c2ccc(OCc3ccccc3)cc2)c(C)c1. The number of hydrogen-bond donors (Lipinski definition) is 1. The lowest BCUT2D eigenvalue weighted by molar-refractivity contribution is -0.120. The fraction of sp³-hybridized carbons (Fsp3) is 0.167. The van der Waals surface area contributed by atoms with E-state index in [0.29, 0.717) is 13.0 Å². The molecule has 0 spiro atoms. The van der Waals surface area contributed by atoms with Gasteiger partial charge in [-0.2, -0.15) is 5.10 Å². The maximum atomic E-state index is 12.1. The average Bonchev–Trinajstić information content (AvgIpc) is 2.70. The molecule has 28 heavy (non-hydrogen) atoms. The Bertz CT molecular complexity index is 948. The second-order valence-electron chi connectivity index (χ2n) is 6.74. The number of hydrogen-bond acceptors (Lipinski definition) is 3. The first-order valence-corrected chi connectivity index (χ1v) is 9.25. The summed E-state index contributed by atoms with van der Waals surface area (Å²) < 4.78 is 5.76. The van der Waals surface area contributed by atoms with Gasteiger partial charge in [-0.3, -0.25) is 4.79 Å². The first-order valence-electron chi connectivity index (χ1n) is 9.25. The molecule has 0 aliphatic heterocycles. The van der Waals surface area contributed by atoms with Crippen LogP contribution in [0, 0.1) is 13.8 Å². The first-order chi connectivity index (χ1) is 13.6. The van der Waals surface area contributed by atoms with Gasteiger partial charge < -0.3 is 4.74 Å². The second-order valence-corrected chi connectivity index (χ2v) is 6.74. The van der Waals surface area contributed by atoms with Crippen molar-refractivity contribution in [2.75, 3.05) is 0 Å². The van der Waals surface area contributed by atoms with Crippen LogP contribution >= 0.6 is 0 Å². The zero-order valence-corrected chi connectivity index (χ0v) is 16.2. The summed E-state index contributed by atoms with van der Waals surface area (Å²) in [6.45, 7) is 4.59. The van der Waals surface area contributed by atoms with Gasteiger partial charge >= 0.3 is 0 Å². The van der Waals surface area contributed by atoms with Crippen LogP contribution in [-0.4, -0.2) is 12.1 Å². The van der Waals surface area contributed by atoms with Crippen LogP contribution in [0.1, 0.15) is 27.8 Å². The molecule has 1 amide bonds. The van der Waals surface area contributed by atoms with Gasteiger partial charge in [0.1, 0.15) is 12.4 Å². The second kappa shape index (κ2) is 9.51. The lowest BCUT2D eigenvalue weighted by atomic mass is 10.0. The van der Waals surface area contributed by atoms with Crippen molar-refractivity contribution in [3.05, 3.63) is 101 Å². The predicted octanol–water partition coefficient (Wildman–Crippen LogP) is 4.58. The van der Waals surface area contributed by atoms with Gasteiger partial charge in [0, 0.05) is 0 Å². The van der Waals surface area contributed by atoms with E-state index < -0.39 is 0 Å². The Morgan fingerprint density at radius 2 is 1.75 bits per heavy atom. The van der Waals surface area contributed by atoms with Crippen molar-refractivity contribution in [2.24, 2.45) is 5.10 Å². The largest absolute Gasteiger partial charge is 0.489 e. The summed E-state index contributed by atoms with van der Waals surface area (Å²) in [7, 11) is 0. The van der Waals surface area contributed by atoms with E-state index in [4.69, 9.17) is 4.74 Å². The van der Waals surface area contributed by atoms with Gasteiger partial charge in [0.05, 0.1) is 12.6 Å². The Kier molecular flexibility index (Phi) is 6.58. The minimum atomic E-state index is -0.133. The molecule has 0 aromatic heterocycles. The molecule has 0 radical (unpaired) electrons. The Hall–Kier alpha value is -3.40. The Labute approximate surface area is 165 Å². The molecule has 0 saturated carbocycles. The van der Waals surface area contributed by atoms with E-state index in [1.165, 1.54) is 5.56 Å². The van der Waals surface area contributed by atoms with Crippen molar-refractivity contribution >= 4 is 12.1 Å². The number of rotatable bonds is 7. The van der Waals surface area contributed by atoms with Crippen LogP contribution in [0.4, 0.5) is 0 Å². The monoisotopic (exact) mass is 372 g/mol. The van der Waals surface area contributed by atoms with Crippen LogP contribution in [0.3, 0.4) is 0 Å². The van der Waals surface area contributed by atoms with Crippen molar-refractivity contribution in [3.8, 4) is 5.75 Å². The molecular formula is C24H24N2O2. The Morgan fingerprint density at radius 3 is 2.46 bits per heavy atom. The van der Waals surface area contributed by atoms with Crippen LogP contribution < -0.4 is 10.2 Å². The summed E-state index contributed by atoms with van der Waals surface area (Å²) >= 11 is 0. The minimum Gasteiger partial charge on any atom is -0.489 e. The van der Waals surface area contributed by atoms with E-state index in [-0.39, 0.29) is 5.91 Å². The standard InChI is InChI=1S/C24H24N2O2/c1-18-8-11-22(19(2)14-18)15-24(27)26-25-16-20-9-12-23(13-10-20)28-17-21-6-4-3-5-7-21/h3-14,16H,15,17H2,1-2H3,(H,26,27)/b25-16+. The fourth-order valence-corrected chi connectivity index (χ4v) is 2.83. The van der Waals surface area contributed by atoms with Crippen LogP contribution in [-0.2, 0) is 17.8 Å². The van der Waals surface area contributed by atoms with Crippen LogP contribution in [0.25, 0.3) is 0 Å². The van der Waals surface area contributed by atoms with E-state index in [2.05, 4.69) is 16.6 Å². The molecule has 0 aliphatic rings. The molecule has 3 aromatic rings. The Morgan fingerprint density at radius 1 is 1.00 bits per heavy atom. The molecule has 1 N–H and O–H groups in total. The quantitative estimate of drug-likeness (QED) is 0.488. The molecule has 0 fully saturated rings. The number of nitrogens with zero attached hydrogens (tertiary/aromatic N) is 1. The predicted molar refractivity (Wildman–Crippen MR) is 113 cm³/mol. The third kappa shape index (κ3) is 5.81.